The number of hydrogen-bond acceptors (Lipinski definition) is 3. The smallest absolute Gasteiger partial charge is 0.269 e. The summed E-state index contributed by atoms with van der Waals surface area (Å²) in [5.41, 5.74) is -0.158. The molecule has 1 aliphatic heterocycles. The van der Waals surface area contributed by atoms with Crippen LogP contribution >= 0.6 is 27.5 Å². The lowest BCUT2D eigenvalue weighted by Crippen LogP contribution is -2.31. The average Bonchev–Trinajstić information content (AvgIpc) is 2.31. The van der Waals surface area contributed by atoms with E-state index in [1.165, 1.54) is 10.9 Å². The summed E-state index contributed by atoms with van der Waals surface area (Å²) in [6.45, 7) is 1.32. The highest BCUT2D eigenvalue weighted by atomic mass is 79.9. The predicted octanol–water partition coefficient (Wildman–Crippen LogP) is 2.23. The van der Waals surface area contributed by atoms with Gasteiger partial charge >= 0.3 is 0 Å². The van der Waals surface area contributed by atoms with Gasteiger partial charge in [0, 0.05) is 6.61 Å². The second-order valence-electron chi connectivity index (χ2n) is 3.80. The fourth-order valence-electron chi connectivity index (χ4n) is 1.74. The zero-order valence-corrected chi connectivity index (χ0v) is 11.0. The molecule has 1 aromatic heterocycles. The minimum Gasteiger partial charge on any atom is -0.376 e. The monoisotopic (exact) mass is 306 g/mol. The second kappa shape index (κ2) is 5.29. The minimum atomic E-state index is -0.158. The van der Waals surface area contributed by atoms with Crippen LogP contribution < -0.4 is 5.56 Å². The summed E-state index contributed by atoms with van der Waals surface area (Å²) >= 11 is 8.85. The molecule has 88 valence electrons. The standard InChI is InChI=1S/C10H12BrClN2O2/c11-8-9(12)13-6-14(10(8)15)5-7-3-1-2-4-16-7/h6-7H,1-5H2. The lowest BCUT2D eigenvalue weighted by atomic mass is 10.1. The van der Waals surface area contributed by atoms with E-state index >= 15 is 0 Å². The summed E-state index contributed by atoms with van der Waals surface area (Å²) < 4.78 is 7.42. The van der Waals surface area contributed by atoms with E-state index in [0.717, 1.165) is 25.9 Å². The van der Waals surface area contributed by atoms with Gasteiger partial charge in [0.1, 0.15) is 4.47 Å². The Morgan fingerprint density at radius 2 is 2.44 bits per heavy atom. The Hall–Kier alpha value is -0.390. The van der Waals surface area contributed by atoms with Crippen molar-refractivity contribution >= 4 is 27.5 Å². The Bertz CT molecular complexity index is 429. The van der Waals surface area contributed by atoms with Gasteiger partial charge in [0.25, 0.3) is 5.56 Å². The second-order valence-corrected chi connectivity index (χ2v) is 4.95. The van der Waals surface area contributed by atoms with E-state index in [1.54, 1.807) is 0 Å². The predicted molar refractivity (Wildman–Crippen MR) is 64.8 cm³/mol. The Balaban J connectivity index is 2.15. The van der Waals surface area contributed by atoms with Gasteiger partial charge in [-0.2, -0.15) is 0 Å². The molecule has 0 N–H and O–H groups in total. The molecule has 1 unspecified atom stereocenters. The zero-order valence-electron chi connectivity index (χ0n) is 8.66. The third kappa shape index (κ3) is 2.64. The van der Waals surface area contributed by atoms with Crippen molar-refractivity contribution in [3.63, 3.8) is 0 Å². The molecule has 1 saturated heterocycles. The third-order valence-electron chi connectivity index (χ3n) is 2.61. The maximum absolute atomic E-state index is 11.8. The van der Waals surface area contributed by atoms with Gasteiger partial charge in [0.05, 0.1) is 19.0 Å². The molecule has 0 spiro atoms. The summed E-state index contributed by atoms with van der Waals surface area (Å²) in [5.74, 6) is 0. The molecule has 0 amide bonds. The summed E-state index contributed by atoms with van der Waals surface area (Å²) in [4.78, 5) is 15.7. The van der Waals surface area contributed by atoms with Gasteiger partial charge < -0.3 is 4.74 Å². The first-order valence-electron chi connectivity index (χ1n) is 5.20. The lowest BCUT2D eigenvalue weighted by molar-refractivity contribution is 0.00522. The Morgan fingerprint density at radius 1 is 1.62 bits per heavy atom. The molecular formula is C10H12BrClN2O2. The van der Waals surface area contributed by atoms with Crippen molar-refractivity contribution in [2.24, 2.45) is 0 Å². The number of rotatable bonds is 2. The van der Waals surface area contributed by atoms with Crippen LogP contribution in [0.3, 0.4) is 0 Å². The number of halogens is 2. The molecule has 0 saturated carbocycles. The normalized spacial score (nSPS) is 21.0. The highest BCUT2D eigenvalue weighted by Gasteiger charge is 2.16. The highest BCUT2D eigenvalue weighted by molar-refractivity contribution is 9.10. The van der Waals surface area contributed by atoms with Gasteiger partial charge in [-0.1, -0.05) is 11.6 Å². The maximum atomic E-state index is 11.8. The molecule has 1 fully saturated rings. The van der Waals surface area contributed by atoms with Crippen molar-refractivity contribution in [2.75, 3.05) is 6.61 Å². The van der Waals surface area contributed by atoms with Crippen molar-refractivity contribution in [1.82, 2.24) is 9.55 Å². The van der Waals surface area contributed by atoms with Crippen LogP contribution in [0, 0.1) is 0 Å². The van der Waals surface area contributed by atoms with E-state index < -0.39 is 0 Å². The largest absolute Gasteiger partial charge is 0.376 e. The molecule has 16 heavy (non-hydrogen) atoms. The number of nitrogens with zero attached hydrogens (tertiary/aromatic N) is 2. The number of hydrogen-bond donors (Lipinski definition) is 0. The van der Waals surface area contributed by atoms with Gasteiger partial charge in [-0.05, 0) is 35.2 Å². The molecule has 0 aliphatic carbocycles. The highest BCUT2D eigenvalue weighted by Crippen LogP contribution is 2.16. The van der Waals surface area contributed by atoms with E-state index in [0.29, 0.717) is 11.0 Å². The van der Waals surface area contributed by atoms with Crippen LogP contribution in [-0.2, 0) is 11.3 Å². The van der Waals surface area contributed by atoms with Gasteiger partial charge in [0.2, 0.25) is 0 Å². The van der Waals surface area contributed by atoms with Crippen LogP contribution in [0.5, 0.6) is 0 Å². The minimum absolute atomic E-state index is 0.112. The molecule has 1 atom stereocenters. The van der Waals surface area contributed by atoms with E-state index in [9.17, 15) is 4.79 Å². The average molecular weight is 308 g/mol. The molecule has 6 heteroatoms. The Labute approximate surface area is 107 Å². The molecule has 2 heterocycles. The zero-order chi connectivity index (χ0) is 11.5. The van der Waals surface area contributed by atoms with Crippen molar-refractivity contribution < 1.29 is 4.74 Å². The first kappa shape index (κ1) is 12.1. The van der Waals surface area contributed by atoms with Crippen LogP contribution in [0.25, 0.3) is 0 Å². The van der Waals surface area contributed by atoms with Crippen LogP contribution in [0.2, 0.25) is 5.15 Å². The summed E-state index contributed by atoms with van der Waals surface area (Å²) in [7, 11) is 0. The van der Waals surface area contributed by atoms with Crippen molar-refractivity contribution in [1.29, 1.82) is 0 Å². The van der Waals surface area contributed by atoms with Crippen molar-refractivity contribution in [2.45, 2.75) is 31.9 Å². The molecule has 0 bridgehead atoms. The molecule has 4 nitrogen and oxygen atoms in total. The number of ether oxygens (including phenoxy) is 1. The van der Waals surface area contributed by atoms with Crippen LogP contribution in [-0.4, -0.2) is 22.3 Å². The van der Waals surface area contributed by atoms with Crippen molar-refractivity contribution in [3.05, 3.63) is 26.3 Å². The van der Waals surface area contributed by atoms with E-state index in [-0.39, 0.29) is 16.8 Å². The topological polar surface area (TPSA) is 44.1 Å². The lowest BCUT2D eigenvalue weighted by Gasteiger charge is -2.23. The van der Waals surface area contributed by atoms with Crippen LogP contribution in [0.15, 0.2) is 15.6 Å². The van der Waals surface area contributed by atoms with Gasteiger partial charge in [-0.25, -0.2) is 4.98 Å². The quantitative estimate of drug-likeness (QED) is 0.787. The van der Waals surface area contributed by atoms with Gasteiger partial charge in [0.15, 0.2) is 5.15 Å². The Kier molecular flexibility index (Phi) is 4.00. The molecule has 1 aromatic rings. The van der Waals surface area contributed by atoms with Gasteiger partial charge in [-0.3, -0.25) is 9.36 Å². The summed E-state index contributed by atoms with van der Waals surface area (Å²) in [5, 5.41) is 0.200. The SMILES string of the molecule is O=c1c(Br)c(Cl)ncn1CC1CCCCO1. The molecular weight excluding hydrogens is 295 g/mol. The maximum Gasteiger partial charge on any atom is 0.269 e. The number of aromatic nitrogens is 2. The summed E-state index contributed by atoms with van der Waals surface area (Å²) in [6, 6.07) is 0. The third-order valence-corrected chi connectivity index (χ3v) is 3.84. The van der Waals surface area contributed by atoms with E-state index in [4.69, 9.17) is 16.3 Å². The molecule has 0 aromatic carbocycles. The van der Waals surface area contributed by atoms with E-state index in [1.807, 2.05) is 0 Å². The van der Waals surface area contributed by atoms with E-state index in [2.05, 4.69) is 20.9 Å². The molecule has 1 aliphatic rings. The van der Waals surface area contributed by atoms with Crippen LogP contribution in [0.4, 0.5) is 0 Å². The fraction of sp³-hybridized carbons (Fsp3) is 0.600. The fourth-order valence-corrected chi connectivity index (χ4v) is 2.20. The molecule has 2 rings (SSSR count). The summed E-state index contributed by atoms with van der Waals surface area (Å²) in [6.07, 6.45) is 4.83. The van der Waals surface area contributed by atoms with Crippen molar-refractivity contribution in [3.8, 4) is 0 Å². The first-order valence-corrected chi connectivity index (χ1v) is 6.37. The van der Waals surface area contributed by atoms with Crippen LogP contribution in [0.1, 0.15) is 19.3 Å². The Morgan fingerprint density at radius 3 is 3.12 bits per heavy atom. The van der Waals surface area contributed by atoms with Gasteiger partial charge in [-0.15, -0.1) is 0 Å². The molecule has 0 radical (unpaired) electrons. The first-order chi connectivity index (χ1) is 7.68.